The number of aryl methyl sites for hydroxylation is 2. The van der Waals surface area contributed by atoms with Gasteiger partial charge < -0.3 is 9.88 Å². The molecule has 19 heavy (non-hydrogen) atoms. The Hall–Kier alpha value is -1.91. The van der Waals surface area contributed by atoms with E-state index in [0.29, 0.717) is 0 Å². The first-order valence-electron chi connectivity index (χ1n) is 6.77. The zero-order chi connectivity index (χ0) is 13.8. The van der Waals surface area contributed by atoms with Gasteiger partial charge in [0, 0.05) is 24.3 Å². The highest BCUT2D eigenvalue weighted by Gasteiger charge is 2.12. The minimum absolute atomic E-state index is 0.741. The van der Waals surface area contributed by atoms with Gasteiger partial charge in [-0.3, -0.25) is 0 Å². The summed E-state index contributed by atoms with van der Waals surface area (Å²) < 4.78 is 2.10. The fraction of sp³-hybridized carbons (Fsp3) is 0.500. The summed E-state index contributed by atoms with van der Waals surface area (Å²) >= 11 is 0. The average Bonchev–Trinajstić information content (AvgIpc) is 2.84. The molecule has 0 spiro atoms. The lowest BCUT2D eigenvalue weighted by Gasteiger charge is -2.12. The lowest BCUT2D eigenvalue weighted by molar-refractivity contribution is 0.681. The molecule has 0 fully saturated rings. The van der Waals surface area contributed by atoms with Gasteiger partial charge >= 0.3 is 0 Å². The van der Waals surface area contributed by atoms with Gasteiger partial charge in [0.15, 0.2) is 5.82 Å². The number of imidazole rings is 1. The summed E-state index contributed by atoms with van der Waals surface area (Å²) in [6.07, 6.45) is 4.73. The molecule has 2 aromatic rings. The number of nitrogens with one attached hydrogen (secondary N) is 1. The van der Waals surface area contributed by atoms with Gasteiger partial charge in [-0.25, -0.2) is 15.0 Å². The third-order valence-electron chi connectivity index (χ3n) is 3.14. The Morgan fingerprint density at radius 2 is 2.00 bits per heavy atom. The smallest absolute Gasteiger partial charge is 0.180 e. The van der Waals surface area contributed by atoms with Gasteiger partial charge in [-0.2, -0.15) is 0 Å². The van der Waals surface area contributed by atoms with Crippen LogP contribution in [0.25, 0.3) is 11.5 Å². The molecule has 0 saturated heterocycles. The summed E-state index contributed by atoms with van der Waals surface area (Å²) in [5.74, 6) is 1.65. The summed E-state index contributed by atoms with van der Waals surface area (Å²) in [7, 11) is 0. The molecule has 0 atom stereocenters. The van der Waals surface area contributed by atoms with Crippen molar-refractivity contribution in [3.63, 3.8) is 0 Å². The highest BCUT2D eigenvalue weighted by atomic mass is 15.1. The Morgan fingerprint density at radius 1 is 1.21 bits per heavy atom. The molecule has 0 aliphatic carbocycles. The van der Waals surface area contributed by atoms with E-state index in [1.54, 1.807) is 0 Å². The molecule has 5 heteroatoms. The number of aromatic nitrogens is 4. The predicted molar refractivity (Wildman–Crippen MR) is 77.2 cm³/mol. The number of hydrogen-bond acceptors (Lipinski definition) is 4. The second-order valence-corrected chi connectivity index (χ2v) is 4.61. The van der Waals surface area contributed by atoms with Crippen LogP contribution in [0.4, 0.5) is 5.82 Å². The molecule has 2 heterocycles. The molecule has 0 aliphatic heterocycles. The number of hydrogen-bond donors (Lipinski definition) is 1. The molecule has 2 rings (SSSR count). The molecule has 0 aliphatic rings. The van der Waals surface area contributed by atoms with E-state index in [4.69, 9.17) is 0 Å². The molecule has 5 nitrogen and oxygen atoms in total. The summed E-state index contributed by atoms with van der Waals surface area (Å²) in [6, 6.07) is 0. The maximum atomic E-state index is 4.63. The maximum absolute atomic E-state index is 4.63. The molecule has 0 saturated carbocycles. The quantitative estimate of drug-likeness (QED) is 0.897. The van der Waals surface area contributed by atoms with Gasteiger partial charge in [-0.05, 0) is 27.2 Å². The Bertz CT molecular complexity index is 559. The van der Waals surface area contributed by atoms with Crippen LogP contribution < -0.4 is 5.32 Å². The molecule has 102 valence electrons. The minimum Gasteiger partial charge on any atom is -0.370 e. The zero-order valence-electron chi connectivity index (χ0n) is 12.1. The van der Waals surface area contributed by atoms with Crippen LogP contribution in [0.3, 0.4) is 0 Å². The fourth-order valence-corrected chi connectivity index (χ4v) is 2.01. The summed E-state index contributed by atoms with van der Waals surface area (Å²) in [6.45, 7) is 10.1. The lowest BCUT2D eigenvalue weighted by Crippen LogP contribution is -2.08. The van der Waals surface area contributed by atoms with Gasteiger partial charge in [0.2, 0.25) is 0 Å². The Morgan fingerprint density at radius 3 is 2.68 bits per heavy atom. The number of nitrogens with zero attached hydrogens (tertiary/aromatic N) is 4. The summed E-state index contributed by atoms with van der Waals surface area (Å²) in [5, 5.41) is 3.29. The summed E-state index contributed by atoms with van der Waals surface area (Å²) in [4.78, 5) is 13.4. The van der Waals surface area contributed by atoms with Crippen LogP contribution in [0.15, 0.2) is 12.5 Å². The Labute approximate surface area is 114 Å². The topological polar surface area (TPSA) is 55.6 Å². The van der Waals surface area contributed by atoms with E-state index in [1.165, 1.54) is 0 Å². The van der Waals surface area contributed by atoms with E-state index in [-0.39, 0.29) is 0 Å². The van der Waals surface area contributed by atoms with Crippen LogP contribution in [0.1, 0.15) is 31.5 Å². The van der Waals surface area contributed by atoms with Crippen molar-refractivity contribution in [2.45, 2.75) is 40.7 Å². The van der Waals surface area contributed by atoms with E-state index in [1.807, 2.05) is 26.4 Å². The van der Waals surface area contributed by atoms with Gasteiger partial charge in [0.25, 0.3) is 0 Å². The van der Waals surface area contributed by atoms with E-state index < -0.39 is 0 Å². The summed E-state index contributed by atoms with van der Waals surface area (Å²) in [5.41, 5.74) is 3.08. The largest absolute Gasteiger partial charge is 0.370 e. The maximum Gasteiger partial charge on any atom is 0.180 e. The lowest BCUT2D eigenvalue weighted by atomic mass is 10.2. The molecule has 0 aromatic carbocycles. The van der Waals surface area contributed by atoms with Crippen molar-refractivity contribution in [2.75, 3.05) is 11.9 Å². The number of rotatable bonds is 5. The van der Waals surface area contributed by atoms with Crippen molar-refractivity contribution in [2.24, 2.45) is 0 Å². The van der Waals surface area contributed by atoms with E-state index in [0.717, 1.165) is 48.1 Å². The normalized spacial score (nSPS) is 10.7. The molecule has 0 radical (unpaired) electrons. The monoisotopic (exact) mass is 259 g/mol. The molecule has 1 N–H and O–H groups in total. The van der Waals surface area contributed by atoms with Crippen LogP contribution in [-0.4, -0.2) is 26.1 Å². The predicted octanol–water partition coefficient (Wildman–Crippen LogP) is 2.80. The first kappa shape index (κ1) is 13.5. The molecule has 0 bridgehead atoms. The van der Waals surface area contributed by atoms with Crippen molar-refractivity contribution in [3.8, 4) is 11.5 Å². The first-order chi connectivity index (χ1) is 9.17. The SMILES string of the molecule is CCCn1cncc1-c1nc(C)c(C)c(NCC)n1. The molecule has 2 aromatic heterocycles. The van der Waals surface area contributed by atoms with E-state index in [9.17, 15) is 0 Å². The molecular formula is C14H21N5. The third kappa shape index (κ3) is 2.75. The van der Waals surface area contributed by atoms with E-state index in [2.05, 4.69) is 38.7 Å². The Kier molecular flexibility index (Phi) is 4.14. The molecular weight excluding hydrogens is 238 g/mol. The van der Waals surface area contributed by atoms with Gasteiger partial charge in [0.05, 0.1) is 12.5 Å². The van der Waals surface area contributed by atoms with Crippen molar-refractivity contribution in [1.82, 2.24) is 19.5 Å². The number of anilines is 1. The zero-order valence-corrected chi connectivity index (χ0v) is 12.1. The van der Waals surface area contributed by atoms with Crippen LogP contribution >= 0.6 is 0 Å². The van der Waals surface area contributed by atoms with Gasteiger partial charge in [-0.15, -0.1) is 0 Å². The molecule has 0 amide bonds. The fourth-order valence-electron chi connectivity index (χ4n) is 2.01. The Balaban J connectivity index is 2.47. The van der Waals surface area contributed by atoms with Crippen LogP contribution in [0, 0.1) is 13.8 Å². The second-order valence-electron chi connectivity index (χ2n) is 4.61. The highest BCUT2D eigenvalue weighted by molar-refractivity contribution is 5.56. The standard InChI is InChI=1S/C14H21N5/c1-5-7-19-9-15-8-12(19)14-17-11(4)10(3)13(18-14)16-6-2/h8-9H,5-7H2,1-4H3,(H,16,17,18). The second kappa shape index (κ2) is 5.82. The first-order valence-corrected chi connectivity index (χ1v) is 6.77. The molecule has 0 unspecified atom stereocenters. The van der Waals surface area contributed by atoms with E-state index >= 15 is 0 Å². The van der Waals surface area contributed by atoms with Crippen LogP contribution in [0.2, 0.25) is 0 Å². The average molecular weight is 259 g/mol. The van der Waals surface area contributed by atoms with Crippen molar-refractivity contribution < 1.29 is 0 Å². The third-order valence-corrected chi connectivity index (χ3v) is 3.14. The van der Waals surface area contributed by atoms with Gasteiger partial charge in [0.1, 0.15) is 11.5 Å². The van der Waals surface area contributed by atoms with Crippen molar-refractivity contribution in [1.29, 1.82) is 0 Å². The van der Waals surface area contributed by atoms with Crippen LogP contribution in [0.5, 0.6) is 0 Å². The van der Waals surface area contributed by atoms with Gasteiger partial charge in [-0.1, -0.05) is 6.92 Å². The van der Waals surface area contributed by atoms with Crippen LogP contribution in [-0.2, 0) is 6.54 Å². The van der Waals surface area contributed by atoms with Crippen molar-refractivity contribution >= 4 is 5.82 Å². The van der Waals surface area contributed by atoms with Crippen molar-refractivity contribution in [3.05, 3.63) is 23.8 Å². The minimum atomic E-state index is 0.741. The highest BCUT2D eigenvalue weighted by Crippen LogP contribution is 2.21.